The molecule has 32 heavy (non-hydrogen) atoms. The Kier molecular flexibility index (Phi) is 5.83. The minimum Gasteiger partial charge on any atom is -0.239 e. The van der Waals surface area contributed by atoms with Crippen LogP contribution >= 0.6 is 0 Å². The number of para-hydroxylation sites is 1. The molecule has 1 heterocycles. The average molecular weight is 410 g/mol. The molecule has 0 saturated heterocycles. The van der Waals surface area contributed by atoms with Crippen LogP contribution < -0.4 is 0 Å². The van der Waals surface area contributed by atoms with Crippen molar-refractivity contribution in [3.8, 4) is 23.7 Å². The lowest BCUT2D eigenvalue weighted by Gasteiger charge is -2.09. The zero-order valence-corrected chi connectivity index (χ0v) is 17.9. The SMILES string of the molecule is C(#Cc1ccccc1)CCCCC#Cc1nc2ccccc2c2c1ccc1ccccc12. The van der Waals surface area contributed by atoms with E-state index in [0.29, 0.717) is 0 Å². The molecule has 1 heteroatoms. The highest BCUT2D eigenvalue weighted by molar-refractivity contribution is 6.20. The number of benzene rings is 4. The summed E-state index contributed by atoms with van der Waals surface area (Å²) >= 11 is 0. The number of nitrogens with zero attached hydrogens (tertiary/aromatic N) is 1. The third-order valence-corrected chi connectivity index (χ3v) is 5.66. The number of fused-ring (bicyclic) bond motifs is 5. The van der Waals surface area contributed by atoms with Gasteiger partial charge in [0.1, 0.15) is 5.69 Å². The van der Waals surface area contributed by atoms with Gasteiger partial charge in [-0.1, -0.05) is 90.6 Å². The predicted octanol–water partition coefficient (Wildman–Crippen LogP) is 7.50. The predicted molar refractivity (Wildman–Crippen MR) is 135 cm³/mol. The molecule has 5 rings (SSSR count). The normalized spacial score (nSPS) is 10.5. The van der Waals surface area contributed by atoms with E-state index in [1.165, 1.54) is 21.5 Å². The van der Waals surface area contributed by atoms with Crippen LogP contribution in [0.25, 0.3) is 32.4 Å². The Morgan fingerprint density at radius 3 is 2.09 bits per heavy atom. The van der Waals surface area contributed by atoms with E-state index in [1.807, 2.05) is 36.4 Å². The Hall–Kier alpha value is -4.07. The van der Waals surface area contributed by atoms with Gasteiger partial charge in [0.05, 0.1) is 5.52 Å². The maximum Gasteiger partial charge on any atom is 0.121 e. The van der Waals surface area contributed by atoms with E-state index in [0.717, 1.165) is 47.8 Å². The summed E-state index contributed by atoms with van der Waals surface area (Å²) in [7, 11) is 0. The van der Waals surface area contributed by atoms with E-state index in [1.54, 1.807) is 0 Å². The minimum atomic E-state index is 0.858. The van der Waals surface area contributed by atoms with Crippen LogP contribution in [0, 0.1) is 23.7 Å². The first-order valence-electron chi connectivity index (χ1n) is 11.1. The second kappa shape index (κ2) is 9.38. The van der Waals surface area contributed by atoms with Crippen molar-refractivity contribution >= 4 is 32.4 Å². The molecule has 0 aliphatic carbocycles. The van der Waals surface area contributed by atoms with Crippen LogP contribution in [0.1, 0.15) is 36.9 Å². The third-order valence-electron chi connectivity index (χ3n) is 5.66. The summed E-state index contributed by atoms with van der Waals surface area (Å²) in [6.07, 6.45) is 3.87. The molecule has 0 amide bonds. The van der Waals surface area contributed by atoms with Crippen LogP contribution in [0.3, 0.4) is 0 Å². The van der Waals surface area contributed by atoms with Gasteiger partial charge in [0.2, 0.25) is 0 Å². The van der Waals surface area contributed by atoms with Gasteiger partial charge in [-0.15, -0.1) is 0 Å². The quantitative estimate of drug-likeness (QED) is 0.171. The molecule has 0 radical (unpaired) electrons. The fourth-order valence-electron chi connectivity index (χ4n) is 4.08. The summed E-state index contributed by atoms with van der Waals surface area (Å²) in [6.45, 7) is 0. The zero-order valence-electron chi connectivity index (χ0n) is 17.9. The molecule has 152 valence electrons. The Balaban J connectivity index is 1.36. The van der Waals surface area contributed by atoms with E-state index in [9.17, 15) is 0 Å². The number of aromatic nitrogens is 1. The molecule has 0 spiro atoms. The average Bonchev–Trinajstić information content (AvgIpc) is 2.85. The van der Waals surface area contributed by atoms with Crippen LogP contribution in [-0.4, -0.2) is 4.98 Å². The molecule has 1 aromatic heterocycles. The summed E-state index contributed by atoms with van der Waals surface area (Å²) in [5.41, 5.74) is 2.94. The lowest BCUT2D eigenvalue weighted by atomic mass is 9.97. The number of hydrogen-bond donors (Lipinski definition) is 0. The first-order chi connectivity index (χ1) is 15.9. The first kappa shape index (κ1) is 19.9. The van der Waals surface area contributed by atoms with E-state index < -0.39 is 0 Å². The van der Waals surface area contributed by atoms with Gasteiger partial charge < -0.3 is 0 Å². The van der Waals surface area contributed by atoms with Crippen molar-refractivity contribution in [2.75, 3.05) is 0 Å². The Morgan fingerprint density at radius 2 is 1.25 bits per heavy atom. The van der Waals surface area contributed by atoms with Gasteiger partial charge in [0.15, 0.2) is 0 Å². The second-order valence-electron chi connectivity index (χ2n) is 7.86. The van der Waals surface area contributed by atoms with Gasteiger partial charge in [-0.3, -0.25) is 0 Å². The van der Waals surface area contributed by atoms with Crippen molar-refractivity contribution in [3.63, 3.8) is 0 Å². The minimum absolute atomic E-state index is 0.858. The third kappa shape index (κ3) is 4.20. The Labute approximate surface area is 189 Å². The Bertz CT molecular complexity index is 1510. The summed E-state index contributed by atoms with van der Waals surface area (Å²) in [6, 6.07) is 31.4. The summed E-state index contributed by atoms with van der Waals surface area (Å²) < 4.78 is 0. The smallest absolute Gasteiger partial charge is 0.121 e. The molecule has 0 aliphatic heterocycles. The Morgan fingerprint density at radius 1 is 0.562 bits per heavy atom. The molecule has 0 N–H and O–H groups in total. The first-order valence-corrected chi connectivity index (χ1v) is 11.1. The molecule has 5 aromatic rings. The molecular formula is C31H23N. The molecular weight excluding hydrogens is 386 g/mol. The molecule has 4 aromatic carbocycles. The zero-order chi connectivity index (χ0) is 21.6. The van der Waals surface area contributed by atoms with Crippen molar-refractivity contribution in [2.24, 2.45) is 0 Å². The highest BCUT2D eigenvalue weighted by Gasteiger charge is 2.09. The van der Waals surface area contributed by atoms with Gasteiger partial charge in [0.25, 0.3) is 0 Å². The standard InChI is InChI=1S/C31H23N/c1(3-6-14-24-15-7-5-8-16-24)2-4-9-20-30-28-23-22-25-17-10-11-18-26(25)31(28)27-19-12-13-21-29(27)32-30/h5,7-8,10-13,15-19,21-23H,1-4H2. The highest BCUT2D eigenvalue weighted by Crippen LogP contribution is 2.32. The van der Waals surface area contributed by atoms with Crippen LogP contribution in [0.5, 0.6) is 0 Å². The van der Waals surface area contributed by atoms with Crippen LogP contribution in [-0.2, 0) is 0 Å². The van der Waals surface area contributed by atoms with Crippen molar-refractivity contribution in [1.29, 1.82) is 0 Å². The number of pyridine rings is 1. The van der Waals surface area contributed by atoms with Crippen LogP contribution in [0.2, 0.25) is 0 Å². The maximum atomic E-state index is 4.90. The van der Waals surface area contributed by atoms with Crippen molar-refractivity contribution < 1.29 is 0 Å². The second-order valence-corrected chi connectivity index (χ2v) is 7.86. The fourth-order valence-corrected chi connectivity index (χ4v) is 4.08. The monoisotopic (exact) mass is 409 g/mol. The van der Waals surface area contributed by atoms with Crippen LogP contribution in [0.15, 0.2) is 91.0 Å². The number of unbranched alkanes of at least 4 members (excludes halogenated alkanes) is 3. The molecule has 1 nitrogen and oxygen atoms in total. The van der Waals surface area contributed by atoms with Gasteiger partial charge in [0, 0.05) is 34.6 Å². The maximum absolute atomic E-state index is 4.90. The highest BCUT2D eigenvalue weighted by atomic mass is 14.7. The summed E-state index contributed by atoms with van der Waals surface area (Å²) in [4.78, 5) is 4.90. The van der Waals surface area contributed by atoms with Gasteiger partial charge >= 0.3 is 0 Å². The van der Waals surface area contributed by atoms with Gasteiger partial charge in [-0.05, 0) is 47.7 Å². The van der Waals surface area contributed by atoms with E-state index in [2.05, 4.69) is 78.3 Å². The lowest BCUT2D eigenvalue weighted by Crippen LogP contribution is -1.90. The van der Waals surface area contributed by atoms with Gasteiger partial charge in [-0.2, -0.15) is 0 Å². The molecule has 0 fully saturated rings. The van der Waals surface area contributed by atoms with E-state index in [4.69, 9.17) is 4.98 Å². The largest absolute Gasteiger partial charge is 0.239 e. The van der Waals surface area contributed by atoms with Gasteiger partial charge in [-0.25, -0.2) is 4.98 Å². The van der Waals surface area contributed by atoms with Crippen molar-refractivity contribution in [3.05, 3.63) is 102 Å². The number of rotatable bonds is 3. The van der Waals surface area contributed by atoms with E-state index >= 15 is 0 Å². The lowest BCUT2D eigenvalue weighted by molar-refractivity contribution is 0.782. The van der Waals surface area contributed by atoms with E-state index in [-0.39, 0.29) is 0 Å². The topological polar surface area (TPSA) is 12.9 Å². The molecule has 0 atom stereocenters. The summed E-state index contributed by atoms with van der Waals surface area (Å²) in [5, 5.41) is 6.05. The molecule has 0 saturated carbocycles. The number of hydrogen-bond acceptors (Lipinski definition) is 1. The molecule has 0 aliphatic rings. The van der Waals surface area contributed by atoms with Crippen molar-refractivity contribution in [1.82, 2.24) is 4.98 Å². The molecule has 0 bridgehead atoms. The summed E-state index contributed by atoms with van der Waals surface area (Å²) in [5.74, 6) is 13.2. The van der Waals surface area contributed by atoms with Crippen molar-refractivity contribution in [2.45, 2.75) is 25.7 Å². The fraction of sp³-hybridized carbons (Fsp3) is 0.129. The van der Waals surface area contributed by atoms with Crippen LogP contribution in [0.4, 0.5) is 0 Å². The molecule has 0 unspecified atom stereocenters.